The number of rotatable bonds is 5. The van der Waals surface area contributed by atoms with Gasteiger partial charge < -0.3 is 4.98 Å². The van der Waals surface area contributed by atoms with Crippen molar-refractivity contribution >= 4 is 39.9 Å². The zero-order chi connectivity index (χ0) is 13.8. The summed E-state index contributed by atoms with van der Waals surface area (Å²) in [5.74, 6) is 4.47. The molecule has 1 aromatic heterocycles. The van der Waals surface area contributed by atoms with Crippen molar-refractivity contribution in [2.45, 2.75) is 51.2 Å². The van der Waals surface area contributed by atoms with Crippen molar-refractivity contribution in [1.29, 1.82) is 0 Å². The molecule has 0 unspecified atom stereocenters. The molecule has 2 rings (SSSR count). The van der Waals surface area contributed by atoms with Crippen LogP contribution in [0.25, 0.3) is 0 Å². The molecule has 1 saturated carbocycles. The molecule has 0 saturated heterocycles. The third kappa shape index (κ3) is 4.30. The summed E-state index contributed by atoms with van der Waals surface area (Å²) >= 11 is 10.9. The number of halogens is 1. The Kier molecular flexibility index (Phi) is 5.90. The van der Waals surface area contributed by atoms with Crippen LogP contribution in [0, 0.1) is 10.6 Å². The molecule has 0 aromatic carbocycles. The van der Waals surface area contributed by atoms with Gasteiger partial charge in [0.15, 0.2) is 0 Å². The molecule has 19 heavy (non-hydrogen) atoms. The quantitative estimate of drug-likeness (QED) is 0.707. The minimum atomic E-state index is 0.632. The fraction of sp³-hybridized carbons (Fsp3) is 0.714. The summed E-state index contributed by atoms with van der Waals surface area (Å²) in [6.07, 6.45) is 5.20. The average molecular weight is 361 g/mol. The van der Waals surface area contributed by atoms with Gasteiger partial charge in [-0.3, -0.25) is 0 Å². The lowest BCUT2D eigenvalue weighted by atomic mass is 10.0. The zero-order valence-corrected chi connectivity index (χ0v) is 14.8. The van der Waals surface area contributed by atoms with E-state index in [2.05, 4.69) is 39.7 Å². The molecule has 106 valence electrons. The van der Waals surface area contributed by atoms with Crippen molar-refractivity contribution in [3.63, 3.8) is 0 Å². The Labute approximate surface area is 133 Å². The zero-order valence-electron chi connectivity index (χ0n) is 11.5. The lowest BCUT2D eigenvalue weighted by Crippen LogP contribution is -2.05. The molecule has 2 nitrogen and oxygen atoms in total. The molecule has 5 heteroatoms. The van der Waals surface area contributed by atoms with Crippen molar-refractivity contribution < 1.29 is 0 Å². The van der Waals surface area contributed by atoms with E-state index in [-0.39, 0.29) is 0 Å². The van der Waals surface area contributed by atoms with Gasteiger partial charge in [0.05, 0.1) is 10.2 Å². The van der Waals surface area contributed by atoms with E-state index in [1.165, 1.54) is 31.4 Å². The van der Waals surface area contributed by atoms with Crippen molar-refractivity contribution in [2.75, 3.05) is 5.75 Å². The van der Waals surface area contributed by atoms with Crippen molar-refractivity contribution in [1.82, 2.24) is 9.97 Å². The summed E-state index contributed by atoms with van der Waals surface area (Å²) in [7, 11) is 0. The van der Waals surface area contributed by atoms with Gasteiger partial charge in [-0.2, -0.15) is 11.8 Å². The second-order valence-corrected chi connectivity index (χ2v) is 7.82. The number of aromatic nitrogens is 2. The Morgan fingerprint density at radius 1 is 1.42 bits per heavy atom. The van der Waals surface area contributed by atoms with Crippen LogP contribution < -0.4 is 0 Å². The van der Waals surface area contributed by atoms with Gasteiger partial charge in [-0.25, -0.2) is 4.98 Å². The van der Waals surface area contributed by atoms with Crippen molar-refractivity contribution in [2.24, 2.45) is 5.92 Å². The number of H-pyrrole nitrogens is 1. The molecule has 1 aliphatic rings. The Morgan fingerprint density at radius 3 is 2.74 bits per heavy atom. The molecule has 1 heterocycles. The summed E-state index contributed by atoms with van der Waals surface area (Å²) in [6.45, 7) is 4.49. The van der Waals surface area contributed by atoms with Gasteiger partial charge in [0.25, 0.3) is 0 Å². The van der Waals surface area contributed by atoms with Gasteiger partial charge in [0, 0.05) is 11.6 Å². The Bertz CT molecular complexity index is 479. The van der Waals surface area contributed by atoms with Crippen LogP contribution in [0.4, 0.5) is 0 Å². The smallest absolute Gasteiger partial charge is 0.144 e. The first-order valence-corrected chi connectivity index (χ1v) is 9.30. The fourth-order valence-electron chi connectivity index (χ4n) is 2.48. The van der Waals surface area contributed by atoms with Gasteiger partial charge in [-0.1, -0.05) is 38.9 Å². The minimum Gasteiger partial charge on any atom is -0.345 e. The van der Waals surface area contributed by atoms with Gasteiger partial charge in [0.2, 0.25) is 0 Å². The van der Waals surface area contributed by atoms with Gasteiger partial charge in [-0.15, -0.1) is 0 Å². The highest BCUT2D eigenvalue weighted by Gasteiger charge is 2.21. The third-order valence-electron chi connectivity index (χ3n) is 3.39. The summed E-state index contributed by atoms with van der Waals surface area (Å²) in [6, 6.07) is 0. The second kappa shape index (κ2) is 7.23. The van der Waals surface area contributed by atoms with Crippen LogP contribution in [-0.2, 0) is 5.75 Å². The predicted octanol–water partition coefficient (Wildman–Crippen LogP) is 5.45. The normalized spacial score (nSPS) is 16.4. The molecular formula is C14H21BrN2S2. The Balaban J connectivity index is 2.14. The van der Waals surface area contributed by atoms with E-state index in [9.17, 15) is 0 Å². The van der Waals surface area contributed by atoms with E-state index < -0.39 is 0 Å². The highest BCUT2D eigenvalue weighted by atomic mass is 79.9. The monoisotopic (exact) mass is 360 g/mol. The highest BCUT2D eigenvalue weighted by Crippen LogP contribution is 2.36. The first-order valence-electron chi connectivity index (χ1n) is 6.94. The molecule has 0 radical (unpaired) electrons. The summed E-state index contributed by atoms with van der Waals surface area (Å²) < 4.78 is 1.72. The first-order chi connectivity index (χ1) is 9.08. The van der Waals surface area contributed by atoms with Crippen molar-refractivity contribution in [3.8, 4) is 0 Å². The second-order valence-electron chi connectivity index (χ2n) is 5.61. The number of aromatic amines is 1. The molecular weight excluding hydrogens is 340 g/mol. The molecule has 0 amide bonds. The predicted molar refractivity (Wildman–Crippen MR) is 89.3 cm³/mol. The van der Waals surface area contributed by atoms with E-state index in [1.54, 1.807) is 0 Å². The topological polar surface area (TPSA) is 28.7 Å². The van der Waals surface area contributed by atoms with Gasteiger partial charge in [0.1, 0.15) is 10.5 Å². The van der Waals surface area contributed by atoms with Crippen LogP contribution in [-0.4, -0.2) is 15.7 Å². The van der Waals surface area contributed by atoms with Crippen molar-refractivity contribution in [3.05, 3.63) is 20.6 Å². The largest absolute Gasteiger partial charge is 0.345 e. The van der Waals surface area contributed by atoms with E-state index in [0.717, 1.165) is 27.7 Å². The molecule has 0 aliphatic heterocycles. The van der Waals surface area contributed by atoms with E-state index in [4.69, 9.17) is 12.2 Å². The van der Waals surface area contributed by atoms with E-state index in [1.807, 2.05) is 11.8 Å². The van der Waals surface area contributed by atoms with E-state index >= 15 is 0 Å². The van der Waals surface area contributed by atoms with E-state index in [0.29, 0.717) is 10.6 Å². The fourth-order valence-corrected chi connectivity index (χ4v) is 4.13. The standard InChI is InChI=1S/C14H21BrN2S2/c1-9(2)7-19-8-11-16-13(10-5-3-4-6-10)12(15)14(18)17-11/h9-10H,3-8H2,1-2H3,(H,16,17,18). The van der Waals surface area contributed by atoms with Crippen LogP contribution in [0.1, 0.15) is 57.0 Å². The first kappa shape index (κ1) is 15.5. The summed E-state index contributed by atoms with van der Waals surface area (Å²) in [5, 5.41) is 0. The molecule has 1 N–H and O–H groups in total. The summed E-state index contributed by atoms with van der Waals surface area (Å²) in [4.78, 5) is 8.02. The van der Waals surface area contributed by atoms with Gasteiger partial charge >= 0.3 is 0 Å². The lowest BCUT2D eigenvalue weighted by molar-refractivity contribution is 0.682. The van der Waals surface area contributed by atoms with Crippen LogP contribution in [0.2, 0.25) is 0 Å². The molecule has 1 fully saturated rings. The highest BCUT2D eigenvalue weighted by molar-refractivity contribution is 9.10. The van der Waals surface area contributed by atoms with Crippen LogP contribution in [0.3, 0.4) is 0 Å². The molecule has 1 aromatic rings. The van der Waals surface area contributed by atoms with Crippen LogP contribution >= 0.6 is 39.9 Å². The van der Waals surface area contributed by atoms with Crippen LogP contribution in [0.5, 0.6) is 0 Å². The Morgan fingerprint density at radius 2 is 2.11 bits per heavy atom. The minimum absolute atomic E-state index is 0.632. The molecule has 0 spiro atoms. The lowest BCUT2D eigenvalue weighted by Gasteiger charge is -2.14. The number of hydrogen-bond acceptors (Lipinski definition) is 3. The number of thioether (sulfide) groups is 1. The number of nitrogens with one attached hydrogen (secondary N) is 1. The number of nitrogens with zero attached hydrogens (tertiary/aromatic N) is 1. The summed E-state index contributed by atoms with van der Waals surface area (Å²) in [5.41, 5.74) is 1.28. The Hall–Kier alpha value is 0.130. The SMILES string of the molecule is CC(C)CSCc1nc(=S)c(Br)c(C2CCCC2)[nH]1. The molecule has 0 atom stereocenters. The third-order valence-corrected chi connectivity index (χ3v) is 6.13. The maximum Gasteiger partial charge on any atom is 0.144 e. The molecule has 1 aliphatic carbocycles. The average Bonchev–Trinajstić information content (AvgIpc) is 2.86. The maximum atomic E-state index is 5.38. The van der Waals surface area contributed by atoms with Gasteiger partial charge in [-0.05, 0) is 40.4 Å². The van der Waals surface area contributed by atoms with Crippen LogP contribution in [0.15, 0.2) is 4.47 Å². The maximum absolute atomic E-state index is 5.38. The molecule has 0 bridgehead atoms. The number of hydrogen-bond donors (Lipinski definition) is 1.